The molecule has 1 heterocycles. The smallest absolute Gasteiger partial charge is 0.349 e. The van der Waals surface area contributed by atoms with Crippen molar-refractivity contribution >= 4 is 5.97 Å². The number of ether oxygens (including phenoxy) is 4. The molecular formula is C30H30N2O5. The number of hydrogen-bond acceptors (Lipinski definition) is 7. The van der Waals surface area contributed by atoms with Crippen molar-refractivity contribution in [2.45, 2.75) is 39.0 Å². The summed E-state index contributed by atoms with van der Waals surface area (Å²) in [5, 5.41) is 9.78. The third-order valence-electron chi connectivity index (χ3n) is 6.01. The van der Waals surface area contributed by atoms with Gasteiger partial charge in [0.2, 0.25) is 5.88 Å². The zero-order valence-corrected chi connectivity index (χ0v) is 21.2. The molecule has 0 saturated heterocycles. The number of fused-ring (bicyclic) bond motifs is 1. The highest BCUT2D eigenvalue weighted by molar-refractivity contribution is 5.74. The summed E-state index contributed by atoms with van der Waals surface area (Å²) < 4.78 is 22.4. The van der Waals surface area contributed by atoms with E-state index in [-0.39, 0.29) is 18.2 Å². The van der Waals surface area contributed by atoms with Gasteiger partial charge in [0.1, 0.15) is 34.6 Å². The predicted octanol–water partition coefficient (Wildman–Crippen LogP) is 5.80. The van der Waals surface area contributed by atoms with Gasteiger partial charge in [-0.3, -0.25) is 0 Å². The van der Waals surface area contributed by atoms with E-state index in [1.165, 1.54) is 5.56 Å². The Morgan fingerprint density at radius 3 is 2.30 bits per heavy atom. The first-order chi connectivity index (χ1) is 17.9. The Labute approximate surface area is 217 Å². The van der Waals surface area contributed by atoms with E-state index in [0.29, 0.717) is 29.6 Å². The van der Waals surface area contributed by atoms with Crippen molar-refractivity contribution in [3.05, 3.63) is 94.9 Å². The van der Waals surface area contributed by atoms with E-state index in [0.717, 1.165) is 23.3 Å². The fourth-order valence-electron chi connectivity index (χ4n) is 4.07. The minimum atomic E-state index is -0.552. The molecule has 1 atom stereocenters. The molecule has 37 heavy (non-hydrogen) atoms. The maximum atomic E-state index is 12.4. The van der Waals surface area contributed by atoms with E-state index in [9.17, 15) is 10.1 Å². The van der Waals surface area contributed by atoms with Crippen LogP contribution in [-0.2, 0) is 4.79 Å². The van der Waals surface area contributed by atoms with E-state index in [1.807, 2.05) is 55.5 Å². The number of carbonyl (C=O) groups is 1. The second-order valence-corrected chi connectivity index (χ2v) is 9.03. The summed E-state index contributed by atoms with van der Waals surface area (Å²) in [6.45, 7) is 6.66. The van der Waals surface area contributed by atoms with Crippen LogP contribution in [0.1, 0.15) is 55.7 Å². The molecule has 3 aromatic carbocycles. The Hall–Kier alpha value is -4.44. The molecule has 4 rings (SSSR count). The van der Waals surface area contributed by atoms with Crippen LogP contribution in [0, 0.1) is 11.3 Å². The van der Waals surface area contributed by atoms with E-state index < -0.39 is 11.9 Å². The molecule has 190 valence electrons. The summed E-state index contributed by atoms with van der Waals surface area (Å²) >= 11 is 0. The molecule has 3 aromatic rings. The van der Waals surface area contributed by atoms with Gasteiger partial charge in [-0.05, 0) is 53.8 Å². The van der Waals surface area contributed by atoms with Gasteiger partial charge in [-0.25, -0.2) is 4.79 Å². The first-order valence-corrected chi connectivity index (χ1v) is 12.3. The quantitative estimate of drug-likeness (QED) is 0.294. The van der Waals surface area contributed by atoms with Crippen molar-refractivity contribution < 1.29 is 23.7 Å². The average Bonchev–Trinajstić information content (AvgIpc) is 2.90. The number of esters is 1. The minimum Gasteiger partial charge on any atom is -0.494 e. The molecule has 1 aliphatic heterocycles. The Kier molecular flexibility index (Phi) is 7.99. The Balaban J connectivity index is 1.48. The monoisotopic (exact) mass is 498 g/mol. The molecule has 0 amide bonds. The Bertz CT molecular complexity index is 1320. The number of benzene rings is 3. The van der Waals surface area contributed by atoms with Crippen molar-refractivity contribution in [2.24, 2.45) is 5.73 Å². The van der Waals surface area contributed by atoms with Gasteiger partial charge in [-0.2, -0.15) is 5.26 Å². The fourth-order valence-corrected chi connectivity index (χ4v) is 4.07. The highest BCUT2D eigenvalue weighted by Gasteiger charge is 2.31. The van der Waals surface area contributed by atoms with Crippen molar-refractivity contribution in [3.8, 4) is 29.1 Å². The first-order valence-electron chi connectivity index (χ1n) is 12.3. The van der Waals surface area contributed by atoms with E-state index >= 15 is 0 Å². The summed E-state index contributed by atoms with van der Waals surface area (Å²) in [7, 11) is 0. The molecule has 1 aliphatic rings. The normalized spacial score (nSPS) is 14.4. The summed E-state index contributed by atoms with van der Waals surface area (Å²) in [4.78, 5) is 12.4. The Morgan fingerprint density at radius 2 is 1.65 bits per heavy atom. The molecule has 0 fully saturated rings. The first kappa shape index (κ1) is 25.6. The molecule has 2 N–H and O–H groups in total. The summed E-state index contributed by atoms with van der Waals surface area (Å²) in [5.74, 6) is 1.51. The average molecular weight is 499 g/mol. The van der Waals surface area contributed by atoms with Crippen LogP contribution in [-0.4, -0.2) is 19.2 Å². The second kappa shape index (κ2) is 11.5. The van der Waals surface area contributed by atoms with Crippen LogP contribution >= 0.6 is 0 Å². The lowest BCUT2D eigenvalue weighted by atomic mass is 9.83. The predicted molar refractivity (Wildman–Crippen MR) is 140 cm³/mol. The molecule has 0 bridgehead atoms. The lowest BCUT2D eigenvalue weighted by Crippen LogP contribution is -2.21. The van der Waals surface area contributed by atoms with E-state index in [4.69, 9.17) is 24.7 Å². The SMILES string of the molecule is CCCOc1ccc(C2C(C#N)=C(N)Oc3cc(OC(=O)COc4ccc(C(C)C)cc4)ccc32)cc1. The van der Waals surface area contributed by atoms with Gasteiger partial charge >= 0.3 is 5.97 Å². The van der Waals surface area contributed by atoms with Crippen molar-refractivity contribution in [1.82, 2.24) is 0 Å². The van der Waals surface area contributed by atoms with Gasteiger partial charge in [0.25, 0.3) is 0 Å². The third-order valence-corrected chi connectivity index (χ3v) is 6.01. The molecular weight excluding hydrogens is 468 g/mol. The number of nitriles is 1. The molecule has 1 unspecified atom stereocenters. The van der Waals surface area contributed by atoms with Crippen molar-refractivity contribution in [2.75, 3.05) is 13.2 Å². The molecule has 0 aliphatic carbocycles. The van der Waals surface area contributed by atoms with Crippen LogP contribution in [0.15, 0.2) is 78.2 Å². The Morgan fingerprint density at radius 1 is 1.00 bits per heavy atom. The van der Waals surface area contributed by atoms with Crippen LogP contribution < -0.4 is 24.7 Å². The van der Waals surface area contributed by atoms with Gasteiger partial charge in [0, 0.05) is 11.6 Å². The minimum absolute atomic E-state index is 0.0166. The maximum absolute atomic E-state index is 12.4. The number of carbonyl (C=O) groups excluding carboxylic acids is 1. The zero-order chi connectivity index (χ0) is 26.4. The van der Waals surface area contributed by atoms with Gasteiger partial charge < -0.3 is 24.7 Å². The van der Waals surface area contributed by atoms with Crippen molar-refractivity contribution in [3.63, 3.8) is 0 Å². The lowest BCUT2D eigenvalue weighted by Gasteiger charge is -2.26. The van der Waals surface area contributed by atoms with E-state index in [1.54, 1.807) is 18.2 Å². The molecule has 0 aromatic heterocycles. The number of hydrogen-bond donors (Lipinski definition) is 1. The number of rotatable bonds is 9. The molecule has 0 radical (unpaired) electrons. The van der Waals surface area contributed by atoms with E-state index in [2.05, 4.69) is 19.9 Å². The standard InChI is InChI=1S/C30H30N2O5/c1-4-15-34-22-11-7-21(8-12-22)29-25-14-13-24(16-27(25)37-30(32)26(29)17-31)36-28(33)18-35-23-9-5-20(6-10-23)19(2)3/h5-14,16,19,29H,4,15,18,32H2,1-3H3. The zero-order valence-electron chi connectivity index (χ0n) is 21.2. The molecule has 7 heteroatoms. The van der Waals surface area contributed by atoms with Crippen LogP contribution in [0.2, 0.25) is 0 Å². The topological polar surface area (TPSA) is 104 Å². The largest absolute Gasteiger partial charge is 0.494 e. The fraction of sp³-hybridized carbons (Fsp3) is 0.267. The van der Waals surface area contributed by atoms with Crippen LogP contribution in [0.3, 0.4) is 0 Å². The van der Waals surface area contributed by atoms with Crippen LogP contribution in [0.5, 0.6) is 23.0 Å². The van der Waals surface area contributed by atoms with Gasteiger partial charge in [-0.1, -0.05) is 51.1 Å². The number of nitrogens with zero attached hydrogens (tertiary/aromatic N) is 1. The number of nitrogens with two attached hydrogens (primary N) is 1. The summed E-state index contributed by atoms with van der Waals surface area (Å²) in [5.41, 5.74) is 9.22. The van der Waals surface area contributed by atoms with Crippen LogP contribution in [0.25, 0.3) is 0 Å². The highest BCUT2D eigenvalue weighted by Crippen LogP contribution is 2.43. The molecule has 0 spiro atoms. The lowest BCUT2D eigenvalue weighted by molar-refractivity contribution is -0.136. The number of allylic oxidation sites excluding steroid dienone is 1. The third kappa shape index (κ3) is 6.04. The summed E-state index contributed by atoms with van der Waals surface area (Å²) in [6, 6.07) is 22.4. The molecule has 7 nitrogen and oxygen atoms in total. The van der Waals surface area contributed by atoms with Gasteiger partial charge in [-0.15, -0.1) is 0 Å². The highest BCUT2D eigenvalue weighted by atomic mass is 16.6. The second-order valence-electron chi connectivity index (χ2n) is 9.03. The molecule has 0 saturated carbocycles. The maximum Gasteiger partial charge on any atom is 0.349 e. The van der Waals surface area contributed by atoms with Crippen molar-refractivity contribution in [1.29, 1.82) is 5.26 Å². The van der Waals surface area contributed by atoms with Gasteiger partial charge in [0.15, 0.2) is 6.61 Å². The van der Waals surface area contributed by atoms with Crippen LogP contribution in [0.4, 0.5) is 0 Å². The summed E-state index contributed by atoms with van der Waals surface area (Å²) in [6.07, 6.45) is 0.914. The van der Waals surface area contributed by atoms with Gasteiger partial charge in [0.05, 0.1) is 12.5 Å².